The fraction of sp³-hybridized carbons (Fsp3) is 0.250. The summed E-state index contributed by atoms with van der Waals surface area (Å²) in [6.07, 6.45) is 0.667. The molecule has 1 unspecified atom stereocenters. The maximum absolute atomic E-state index is 13.4. The molecule has 0 bridgehead atoms. The van der Waals surface area contributed by atoms with Crippen molar-refractivity contribution < 1.29 is 9.13 Å². The highest BCUT2D eigenvalue weighted by molar-refractivity contribution is 9.10. The highest BCUT2D eigenvalue weighted by atomic mass is 79.9. The van der Waals surface area contributed by atoms with Gasteiger partial charge in [0.2, 0.25) is 0 Å². The summed E-state index contributed by atoms with van der Waals surface area (Å²) < 4.78 is 20.6. The molecule has 2 rings (SSSR count). The zero-order chi connectivity index (χ0) is 15.4. The van der Waals surface area contributed by atoms with Gasteiger partial charge in [0.1, 0.15) is 11.6 Å². The van der Waals surface area contributed by atoms with Gasteiger partial charge in [-0.2, -0.15) is 0 Å². The first kappa shape index (κ1) is 16.5. The molecule has 2 nitrogen and oxygen atoms in total. The molecule has 21 heavy (non-hydrogen) atoms. The third kappa shape index (κ3) is 4.05. The summed E-state index contributed by atoms with van der Waals surface area (Å²) in [5.41, 5.74) is 2.00. The molecule has 0 amide bonds. The monoisotopic (exact) mass is 415 g/mol. The Kier molecular flexibility index (Phi) is 5.79. The van der Waals surface area contributed by atoms with Crippen molar-refractivity contribution in [1.29, 1.82) is 0 Å². The minimum atomic E-state index is -0.229. The van der Waals surface area contributed by atoms with Gasteiger partial charge in [-0.1, -0.05) is 31.9 Å². The zero-order valence-electron chi connectivity index (χ0n) is 11.8. The molecule has 5 heteroatoms. The average molecular weight is 417 g/mol. The van der Waals surface area contributed by atoms with Gasteiger partial charge in [-0.15, -0.1) is 0 Å². The van der Waals surface area contributed by atoms with Crippen LogP contribution in [0.25, 0.3) is 0 Å². The number of benzene rings is 2. The highest BCUT2D eigenvalue weighted by Gasteiger charge is 2.16. The first-order valence-corrected chi connectivity index (χ1v) is 8.08. The SMILES string of the molecule is CNC(Cc1cc(F)ccc1Br)c1cc(OC)ccc1Br. The summed E-state index contributed by atoms with van der Waals surface area (Å²) in [7, 11) is 3.54. The first-order chi connectivity index (χ1) is 10.0. The normalized spacial score (nSPS) is 12.2. The summed E-state index contributed by atoms with van der Waals surface area (Å²) >= 11 is 7.04. The predicted molar refractivity (Wildman–Crippen MR) is 90.3 cm³/mol. The van der Waals surface area contributed by atoms with E-state index in [0.29, 0.717) is 6.42 Å². The molecule has 0 fully saturated rings. The van der Waals surface area contributed by atoms with E-state index >= 15 is 0 Å². The molecule has 0 aliphatic heterocycles. The molecule has 1 atom stereocenters. The highest BCUT2D eigenvalue weighted by Crippen LogP contribution is 2.31. The number of ether oxygens (including phenoxy) is 1. The summed E-state index contributed by atoms with van der Waals surface area (Å²) in [4.78, 5) is 0. The molecule has 2 aromatic carbocycles. The minimum absolute atomic E-state index is 0.0487. The van der Waals surface area contributed by atoms with Crippen LogP contribution in [0.4, 0.5) is 4.39 Å². The van der Waals surface area contributed by atoms with E-state index in [2.05, 4.69) is 37.2 Å². The molecule has 112 valence electrons. The molecule has 0 spiro atoms. The van der Waals surface area contributed by atoms with Gasteiger partial charge in [-0.3, -0.25) is 0 Å². The second-order valence-electron chi connectivity index (χ2n) is 4.67. The molecule has 0 radical (unpaired) electrons. The standard InChI is InChI=1S/C16H16Br2FNO/c1-20-16(8-10-7-11(19)3-5-14(10)17)13-9-12(21-2)4-6-15(13)18/h3-7,9,16,20H,8H2,1-2H3. The largest absolute Gasteiger partial charge is 0.497 e. The fourth-order valence-corrected chi connectivity index (χ4v) is 3.13. The van der Waals surface area contributed by atoms with E-state index in [1.54, 1.807) is 19.2 Å². The summed E-state index contributed by atoms with van der Waals surface area (Å²) in [6, 6.07) is 10.6. The van der Waals surface area contributed by atoms with Crippen LogP contribution in [0.15, 0.2) is 45.3 Å². The van der Waals surface area contributed by atoms with Gasteiger partial charge in [0.05, 0.1) is 7.11 Å². The summed E-state index contributed by atoms with van der Waals surface area (Å²) in [5, 5.41) is 3.28. The Bertz CT molecular complexity index is 634. The van der Waals surface area contributed by atoms with Crippen LogP contribution in [-0.2, 0) is 6.42 Å². The Hall–Kier alpha value is -0.910. The van der Waals surface area contributed by atoms with Crippen molar-refractivity contribution in [2.75, 3.05) is 14.2 Å². The van der Waals surface area contributed by atoms with Gasteiger partial charge in [-0.25, -0.2) is 4.39 Å². The van der Waals surface area contributed by atoms with Crippen molar-refractivity contribution in [2.45, 2.75) is 12.5 Å². The predicted octanol–water partition coefficient (Wildman–Crippen LogP) is 4.86. The summed E-state index contributed by atoms with van der Waals surface area (Å²) in [6.45, 7) is 0. The molecule has 0 aliphatic rings. The van der Waals surface area contributed by atoms with Crippen LogP contribution >= 0.6 is 31.9 Å². The van der Waals surface area contributed by atoms with E-state index in [0.717, 1.165) is 25.8 Å². The van der Waals surface area contributed by atoms with Gasteiger partial charge >= 0.3 is 0 Å². The van der Waals surface area contributed by atoms with Crippen molar-refractivity contribution >= 4 is 31.9 Å². The number of rotatable bonds is 5. The Morgan fingerprint density at radius 2 is 1.86 bits per heavy atom. The lowest BCUT2D eigenvalue weighted by atomic mass is 9.98. The van der Waals surface area contributed by atoms with Gasteiger partial charge in [-0.05, 0) is 61.0 Å². The molecule has 2 aromatic rings. The zero-order valence-corrected chi connectivity index (χ0v) is 15.0. The molecule has 0 saturated carbocycles. The summed E-state index contributed by atoms with van der Waals surface area (Å²) in [5.74, 6) is 0.569. The van der Waals surface area contributed by atoms with E-state index in [4.69, 9.17) is 4.74 Å². The second-order valence-corrected chi connectivity index (χ2v) is 6.38. The van der Waals surface area contributed by atoms with Gasteiger partial charge in [0.25, 0.3) is 0 Å². The van der Waals surface area contributed by atoms with E-state index in [1.165, 1.54) is 6.07 Å². The van der Waals surface area contributed by atoms with Crippen LogP contribution < -0.4 is 10.1 Å². The van der Waals surface area contributed by atoms with E-state index in [1.807, 2.05) is 25.2 Å². The lowest BCUT2D eigenvalue weighted by molar-refractivity contribution is 0.413. The van der Waals surface area contributed by atoms with Crippen molar-refractivity contribution in [3.63, 3.8) is 0 Å². The number of hydrogen-bond donors (Lipinski definition) is 1. The molecule has 0 aliphatic carbocycles. The van der Waals surface area contributed by atoms with Crippen molar-refractivity contribution in [3.05, 3.63) is 62.3 Å². The van der Waals surface area contributed by atoms with Crippen LogP contribution in [0.3, 0.4) is 0 Å². The van der Waals surface area contributed by atoms with Crippen LogP contribution in [0.5, 0.6) is 5.75 Å². The quantitative estimate of drug-likeness (QED) is 0.751. The maximum Gasteiger partial charge on any atom is 0.123 e. The van der Waals surface area contributed by atoms with E-state index < -0.39 is 0 Å². The van der Waals surface area contributed by atoms with Crippen LogP contribution in [0, 0.1) is 5.82 Å². The third-order valence-electron chi connectivity index (χ3n) is 3.36. The number of likely N-dealkylation sites (N-methyl/N-ethyl adjacent to an activating group) is 1. The lowest BCUT2D eigenvalue weighted by Crippen LogP contribution is -2.19. The Labute approximate surface area is 141 Å². The Balaban J connectivity index is 2.34. The first-order valence-electron chi connectivity index (χ1n) is 6.49. The molecule has 0 saturated heterocycles. The van der Waals surface area contributed by atoms with Crippen molar-refractivity contribution in [3.8, 4) is 5.75 Å². The maximum atomic E-state index is 13.4. The number of halogens is 3. The van der Waals surface area contributed by atoms with E-state index in [9.17, 15) is 4.39 Å². The van der Waals surface area contributed by atoms with E-state index in [-0.39, 0.29) is 11.9 Å². The molecule has 1 N–H and O–H groups in total. The van der Waals surface area contributed by atoms with Gasteiger partial charge in [0.15, 0.2) is 0 Å². The molecule has 0 aromatic heterocycles. The topological polar surface area (TPSA) is 21.3 Å². The van der Waals surface area contributed by atoms with Crippen LogP contribution in [0.2, 0.25) is 0 Å². The molecular formula is C16H16Br2FNO. The van der Waals surface area contributed by atoms with Crippen molar-refractivity contribution in [1.82, 2.24) is 5.32 Å². The van der Waals surface area contributed by atoms with Gasteiger partial charge in [0, 0.05) is 15.0 Å². The lowest BCUT2D eigenvalue weighted by Gasteiger charge is -2.20. The van der Waals surface area contributed by atoms with Crippen molar-refractivity contribution in [2.24, 2.45) is 0 Å². The minimum Gasteiger partial charge on any atom is -0.497 e. The number of hydrogen-bond acceptors (Lipinski definition) is 2. The molecule has 0 heterocycles. The molecular weight excluding hydrogens is 401 g/mol. The van der Waals surface area contributed by atoms with Crippen LogP contribution in [-0.4, -0.2) is 14.2 Å². The van der Waals surface area contributed by atoms with Gasteiger partial charge < -0.3 is 10.1 Å². The second kappa shape index (κ2) is 7.38. The Morgan fingerprint density at radius 3 is 2.52 bits per heavy atom. The smallest absolute Gasteiger partial charge is 0.123 e. The van der Waals surface area contributed by atoms with Crippen LogP contribution in [0.1, 0.15) is 17.2 Å². The number of methoxy groups -OCH3 is 1. The number of nitrogens with one attached hydrogen (secondary N) is 1. The Morgan fingerprint density at radius 1 is 1.14 bits per heavy atom. The third-order valence-corrected chi connectivity index (χ3v) is 4.85. The fourth-order valence-electron chi connectivity index (χ4n) is 2.20. The average Bonchev–Trinajstić information content (AvgIpc) is 2.49.